The SMILES string of the molecule is Cc1cccc(-n2nc(C)nc2CN)c1. The molecule has 0 spiro atoms. The van der Waals surface area contributed by atoms with Crippen LogP contribution in [-0.4, -0.2) is 14.8 Å². The van der Waals surface area contributed by atoms with Gasteiger partial charge < -0.3 is 5.73 Å². The molecule has 1 aromatic carbocycles. The third kappa shape index (κ3) is 1.89. The van der Waals surface area contributed by atoms with E-state index in [4.69, 9.17) is 5.73 Å². The van der Waals surface area contributed by atoms with Gasteiger partial charge in [0.25, 0.3) is 0 Å². The van der Waals surface area contributed by atoms with Gasteiger partial charge in [-0.2, -0.15) is 5.10 Å². The van der Waals surface area contributed by atoms with E-state index in [2.05, 4.69) is 29.1 Å². The minimum atomic E-state index is 0.398. The second-order valence-electron chi connectivity index (χ2n) is 3.53. The fraction of sp³-hybridized carbons (Fsp3) is 0.273. The molecule has 15 heavy (non-hydrogen) atoms. The average Bonchev–Trinajstić information content (AvgIpc) is 2.59. The predicted octanol–water partition coefficient (Wildman–Crippen LogP) is 1.34. The second kappa shape index (κ2) is 3.82. The minimum absolute atomic E-state index is 0.398. The molecule has 4 heteroatoms. The third-order valence-corrected chi connectivity index (χ3v) is 2.21. The van der Waals surface area contributed by atoms with E-state index in [1.165, 1.54) is 5.56 Å². The van der Waals surface area contributed by atoms with Gasteiger partial charge in [0.2, 0.25) is 0 Å². The Balaban J connectivity index is 2.53. The lowest BCUT2D eigenvalue weighted by molar-refractivity contribution is 0.785. The molecule has 0 aliphatic rings. The summed E-state index contributed by atoms with van der Waals surface area (Å²) in [7, 11) is 0. The lowest BCUT2D eigenvalue weighted by Gasteiger charge is -2.04. The topological polar surface area (TPSA) is 56.7 Å². The Morgan fingerprint density at radius 1 is 1.33 bits per heavy atom. The van der Waals surface area contributed by atoms with Crippen molar-refractivity contribution in [1.82, 2.24) is 14.8 Å². The molecule has 0 saturated carbocycles. The Morgan fingerprint density at radius 3 is 2.80 bits per heavy atom. The zero-order chi connectivity index (χ0) is 10.8. The normalized spacial score (nSPS) is 10.6. The van der Waals surface area contributed by atoms with Crippen LogP contribution in [-0.2, 0) is 6.54 Å². The summed E-state index contributed by atoms with van der Waals surface area (Å²) >= 11 is 0. The molecule has 4 nitrogen and oxygen atoms in total. The lowest BCUT2D eigenvalue weighted by atomic mass is 10.2. The van der Waals surface area contributed by atoms with Crippen molar-refractivity contribution < 1.29 is 0 Å². The molecule has 2 N–H and O–H groups in total. The highest BCUT2D eigenvalue weighted by Gasteiger charge is 2.06. The van der Waals surface area contributed by atoms with Crippen LogP contribution in [0.2, 0.25) is 0 Å². The first-order chi connectivity index (χ1) is 7.20. The van der Waals surface area contributed by atoms with Crippen LogP contribution in [0.15, 0.2) is 24.3 Å². The Morgan fingerprint density at radius 2 is 2.13 bits per heavy atom. The molecule has 2 rings (SSSR count). The van der Waals surface area contributed by atoms with E-state index in [1.807, 2.05) is 19.1 Å². The number of benzene rings is 1. The molecule has 0 saturated heterocycles. The van der Waals surface area contributed by atoms with Gasteiger partial charge in [-0.05, 0) is 31.5 Å². The van der Waals surface area contributed by atoms with Crippen LogP contribution in [0.3, 0.4) is 0 Å². The summed E-state index contributed by atoms with van der Waals surface area (Å²) in [6, 6.07) is 8.12. The largest absolute Gasteiger partial charge is 0.324 e. The summed E-state index contributed by atoms with van der Waals surface area (Å²) in [5, 5.41) is 4.32. The molecule has 0 amide bonds. The monoisotopic (exact) mass is 202 g/mol. The highest BCUT2D eigenvalue weighted by Crippen LogP contribution is 2.11. The van der Waals surface area contributed by atoms with E-state index in [0.29, 0.717) is 6.54 Å². The van der Waals surface area contributed by atoms with Crippen LogP contribution in [0, 0.1) is 13.8 Å². The van der Waals surface area contributed by atoms with E-state index in [-0.39, 0.29) is 0 Å². The van der Waals surface area contributed by atoms with Crippen LogP contribution in [0.25, 0.3) is 5.69 Å². The Kier molecular flexibility index (Phi) is 2.51. The first-order valence-corrected chi connectivity index (χ1v) is 4.90. The van der Waals surface area contributed by atoms with E-state index >= 15 is 0 Å². The molecule has 0 unspecified atom stereocenters. The standard InChI is InChI=1S/C11H14N4/c1-8-4-3-5-10(6-8)15-11(7-12)13-9(2)14-15/h3-6H,7,12H2,1-2H3. The van der Waals surface area contributed by atoms with Crippen molar-refractivity contribution in [2.45, 2.75) is 20.4 Å². The summed E-state index contributed by atoms with van der Waals surface area (Å²) in [5.41, 5.74) is 7.82. The number of nitrogens with zero attached hydrogens (tertiary/aromatic N) is 3. The maximum atomic E-state index is 5.62. The van der Waals surface area contributed by atoms with Crippen molar-refractivity contribution in [2.75, 3.05) is 0 Å². The van der Waals surface area contributed by atoms with Gasteiger partial charge in [0, 0.05) is 0 Å². The summed E-state index contributed by atoms with van der Waals surface area (Å²) in [4.78, 5) is 4.26. The highest BCUT2D eigenvalue weighted by atomic mass is 15.4. The van der Waals surface area contributed by atoms with Crippen molar-refractivity contribution >= 4 is 0 Å². The molecular weight excluding hydrogens is 188 g/mol. The van der Waals surface area contributed by atoms with Crippen LogP contribution < -0.4 is 5.73 Å². The van der Waals surface area contributed by atoms with Crippen molar-refractivity contribution in [2.24, 2.45) is 5.73 Å². The maximum Gasteiger partial charge on any atom is 0.148 e. The molecule has 1 aromatic heterocycles. The van der Waals surface area contributed by atoms with E-state index in [9.17, 15) is 0 Å². The van der Waals surface area contributed by atoms with Gasteiger partial charge in [0.1, 0.15) is 11.6 Å². The summed E-state index contributed by atoms with van der Waals surface area (Å²) in [5.74, 6) is 1.54. The average molecular weight is 202 g/mol. The Labute approximate surface area is 88.8 Å². The van der Waals surface area contributed by atoms with Gasteiger partial charge in [0.05, 0.1) is 12.2 Å². The van der Waals surface area contributed by atoms with Crippen molar-refractivity contribution in [3.8, 4) is 5.69 Å². The fourth-order valence-electron chi connectivity index (χ4n) is 1.56. The number of rotatable bonds is 2. The minimum Gasteiger partial charge on any atom is -0.324 e. The van der Waals surface area contributed by atoms with Crippen LogP contribution in [0.5, 0.6) is 0 Å². The molecule has 0 atom stereocenters. The molecular formula is C11H14N4. The maximum absolute atomic E-state index is 5.62. The van der Waals surface area contributed by atoms with Gasteiger partial charge in [-0.1, -0.05) is 12.1 Å². The van der Waals surface area contributed by atoms with Crippen molar-refractivity contribution in [3.63, 3.8) is 0 Å². The van der Waals surface area contributed by atoms with Crippen LogP contribution in [0.4, 0.5) is 0 Å². The van der Waals surface area contributed by atoms with Crippen molar-refractivity contribution in [1.29, 1.82) is 0 Å². The van der Waals surface area contributed by atoms with Gasteiger partial charge in [-0.15, -0.1) is 0 Å². The molecule has 0 bridgehead atoms. The molecule has 0 radical (unpaired) electrons. The Bertz CT molecular complexity index is 473. The van der Waals surface area contributed by atoms with Crippen LogP contribution in [0.1, 0.15) is 17.2 Å². The van der Waals surface area contributed by atoms with Gasteiger partial charge in [-0.25, -0.2) is 9.67 Å². The number of aromatic nitrogens is 3. The molecule has 0 aliphatic heterocycles. The molecule has 0 aliphatic carbocycles. The second-order valence-corrected chi connectivity index (χ2v) is 3.53. The van der Waals surface area contributed by atoms with E-state index < -0.39 is 0 Å². The smallest absolute Gasteiger partial charge is 0.148 e. The fourth-order valence-corrected chi connectivity index (χ4v) is 1.56. The lowest BCUT2D eigenvalue weighted by Crippen LogP contribution is -2.07. The zero-order valence-corrected chi connectivity index (χ0v) is 8.94. The first-order valence-electron chi connectivity index (χ1n) is 4.90. The quantitative estimate of drug-likeness (QED) is 0.799. The first kappa shape index (κ1) is 9.86. The number of nitrogens with two attached hydrogens (primary N) is 1. The van der Waals surface area contributed by atoms with Gasteiger partial charge in [-0.3, -0.25) is 0 Å². The molecule has 78 valence electrons. The van der Waals surface area contributed by atoms with Gasteiger partial charge >= 0.3 is 0 Å². The summed E-state index contributed by atoms with van der Waals surface area (Å²) in [6.45, 7) is 4.32. The van der Waals surface area contributed by atoms with E-state index in [1.54, 1.807) is 4.68 Å². The number of aryl methyl sites for hydroxylation is 2. The molecule has 2 aromatic rings. The van der Waals surface area contributed by atoms with E-state index in [0.717, 1.165) is 17.3 Å². The van der Waals surface area contributed by atoms with Gasteiger partial charge in [0.15, 0.2) is 0 Å². The predicted molar refractivity (Wildman–Crippen MR) is 58.7 cm³/mol. The molecule has 1 heterocycles. The summed E-state index contributed by atoms with van der Waals surface area (Å²) < 4.78 is 1.79. The number of hydrogen-bond donors (Lipinski definition) is 1. The Hall–Kier alpha value is -1.68. The summed E-state index contributed by atoms with van der Waals surface area (Å²) in [6.07, 6.45) is 0. The molecule has 0 fully saturated rings. The van der Waals surface area contributed by atoms with Crippen molar-refractivity contribution in [3.05, 3.63) is 41.5 Å². The number of hydrogen-bond acceptors (Lipinski definition) is 3. The highest BCUT2D eigenvalue weighted by molar-refractivity contribution is 5.35. The third-order valence-electron chi connectivity index (χ3n) is 2.21. The zero-order valence-electron chi connectivity index (χ0n) is 8.94. The van der Waals surface area contributed by atoms with Crippen LogP contribution >= 0.6 is 0 Å².